The zero-order valence-electron chi connectivity index (χ0n) is 18.3. The van der Waals surface area contributed by atoms with Gasteiger partial charge in [-0.3, -0.25) is 9.52 Å². The van der Waals surface area contributed by atoms with Gasteiger partial charge in [-0.25, -0.2) is 18.4 Å². The van der Waals surface area contributed by atoms with Gasteiger partial charge in [-0.05, 0) is 48.9 Å². The van der Waals surface area contributed by atoms with E-state index in [0.717, 1.165) is 11.0 Å². The van der Waals surface area contributed by atoms with Crippen LogP contribution < -0.4 is 20.9 Å². The molecule has 0 bridgehead atoms. The molecule has 0 radical (unpaired) electrons. The van der Waals surface area contributed by atoms with Gasteiger partial charge >= 0.3 is 0 Å². The molecule has 2 aromatic heterocycles. The van der Waals surface area contributed by atoms with Crippen LogP contribution in [0.4, 0.5) is 11.5 Å². The SMILES string of the molecule is COn1c(=O)c(-c2c(Cl)cccc2Cl)cc2c(N)nc(-c3ccc(NS(C)(=O)=O)cc3C)nc21. The Morgan fingerprint density at radius 2 is 1.74 bits per heavy atom. The Balaban J connectivity index is 1.94. The Bertz CT molecular complexity index is 1600. The maximum Gasteiger partial charge on any atom is 0.293 e. The fourth-order valence-electron chi connectivity index (χ4n) is 3.60. The number of pyridine rings is 1. The Morgan fingerprint density at radius 1 is 1.06 bits per heavy atom. The van der Waals surface area contributed by atoms with Crippen molar-refractivity contribution in [1.29, 1.82) is 0 Å². The lowest BCUT2D eigenvalue weighted by molar-refractivity contribution is 0.168. The highest BCUT2D eigenvalue weighted by atomic mass is 35.5. The molecule has 0 aliphatic rings. The van der Waals surface area contributed by atoms with E-state index in [1.165, 1.54) is 13.2 Å². The molecule has 0 unspecified atom stereocenters. The summed E-state index contributed by atoms with van der Waals surface area (Å²) in [4.78, 5) is 27.6. The van der Waals surface area contributed by atoms with Crippen LogP contribution in [-0.2, 0) is 10.0 Å². The largest absolute Gasteiger partial charge is 0.412 e. The number of halogens is 2. The van der Waals surface area contributed by atoms with E-state index in [0.29, 0.717) is 37.8 Å². The predicted molar refractivity (Wildman–Crippen MR) is 135 cm³/mol. The molecule has 34 heavy (non-hydrogen) atoms. The van der Waals surface area contributed by atoms with E-state index in [1.54, 1.807) is 43.3 Å². The lowest BCUT2D eigenvalue weighted by Gasteiger charge is -2.15. The van der Waals surface area contributed by atoms with Crippen molar-refractivity contribution in [3.63, 3.8) is 0 Å². The van der Waals surface area contributed by atoms with Crippen molar-refractivity contribution in [2.45, 2.75) is 6.92 Å². The molecule has 0 aliphatic carbocycles. The van der Waals surface area contributed by atoms with Crippen molar-refractivity contribution in [2.24, 2.45) is 0 Å². The smallest absolute Gasteiger partial charge is 0.293 e. The highest BCUT2D eigenvalue weighted by Crippen LogP contribution is 2.35. The molecule has 2 heterocycles. The van der Waals surface area contributed by atoms with Crippen LogP contribution in [0.25, 0.3) is 33.5 Å². The minimum Gasteiger partial charge on any atom is -0.412 e. The second-order valence-electron chi connectivity index (χ2n) is 7.51. The lowest BCUT2D eigenvalue weighted by atomic mass is 10.1. The molecule has 2 aromatic carbocycles. The first-order chi connectivity index (χ1) is 16.0. The van der Waals surface area contributed by atoms with E-state index in [4.69, 9.17) is 33.8 Å². The number of rotatable bonds is 5. The van der Waals surface area contributed by atoms with Crippen molar-refractivity contribution < 1.29 is 13.3 Å². The molecular formula is C22H19Cl2N5O4S. The first-order valence-electron chi connectivity index (χ1n) is 9.81. The predicted octanol–water partition coefficient (Wildman–Crippen LogP) is 3.75. The fraction of sp³-hybridized carbons (Fsp3) is 0.136. The summed E-state index contributed by atoms with van der Waals surface area (Å²) in [6.45, 7) is 1.78. The molecule has 0 saturated carbocycles. The Morgan fingerprint density at radius 3 is 2.32 bits per heavy atom. The number of hydrogen-bond acceptors (Lipinski definition) is 7. The first kappa shape index (κ1) is 23.8. The number of aromatic nitrogens is 3. The minimum absolute atomic E-state index is 0.105. The van der Waals surface area contributed by atoms with Crippen molar-refractivity contribution in [1.82, 2.24) is 14.7 Å². The van der Waals surface area contributed by atoms with Crippen LogP contribution in [0.3, 0.4) is 0 Å². The molecule has 0 amide bonds. The topological polar surface area (TPSA) is 129 Å². The molecule has 0 spiro atoms. The summed E-state index contributed by atoms with van der Waals surface area (Å²) in [7, 11) is -2.10. The van der Waals surface area contributed by atoms with Crippen LogP contribution in [0.15, 0.2) is 47.3 Å². The number of benzene rings is 2. The van der Waals surface area contributed by atoms with Crippen molar-refractivity contribution in [2.75, 3.05) is 23.8 Å². The third kappa shape index (κ3) is 4.39. The average Bonchev–Trinajstić information content (AvgIpc) is 2.73. The van der Waals surface area contributed by atoms with Gasteiger partial charge in [-0.15, -0.1) is 4.73 Å². The Kier molecular flexibility index (Phi) is 6.15. The second kappa shape index (κ2) is 8.79. The maximum absolute atomic E-state index is 13.3. The molecule has 4 aromatic rings. The standard InChI is InChI=1S/C22H19Cl2N5O4S/c1-11-9-12(28-34(3,31)32)7-8-13(11)20-26-19(25)15-10-14(18-16(23)5-4-6-17(18)24)22(30)29(33-2)21(15)27-20/h4-10,28H,1-3H3,(H2,25,26,27). The summed E-state index contributed by atoms with van der Waals surface area (Å²) in [6.07, 6.45) is 1.07. The number of nitrogens with one attached hydrogen (secondary N) is 1. The van der Waals surface area contributed by atoms with Crippen molar-refractivity contribution in [3.05, 3.63) is 68.4 Å². The van der Waals surface area contributed by atoms with Gasteiger partial charge in [0.25, 0.3) is 5.56 Å². The van der Waals surface area contributed by atoms with Gasteiger partial charge in [0.15, 0.2) is 11.5 Å². The lowest BCUT2D eigenvalue weighted by Crippen LogP contribution is -2.27. The van der Waals surface area contributed by atoms with Crippen LogP contribution >= 0.6 is 23.2 Å². The third-order valence-electron chi connectivity index (χ3n) is 5.04. The first-order valence-corrected chi connectivity index (χ1v) is 12.5. The summed E-state index contributed by atoms with van der Waals surface area (Å²) in [6, 6.07) is 11.3. The van der Waals surface area contributed by atoms with E-state index >= 15 is 0 Å². The van der Waals surface area contributed by atoms with Crippen LogP contribution in [-0.4, -0.2) is 36.5 Å². The highest BCUT2D eigenvalue weighted by Gasteiger charge is 2.20. The molecule has 3 N–H and O–H groups in total. The van der Waals surface area contributed by atoms with E-state index < -0.39 is 15.6 Å². The summed E-state index contributed by atoms with van der Waals surface area (Å²) < 4.78 is 26.5. The quantitative estimate of drug-likeness (QED) is 0.410. The maximum atomic E-state index is 13.3. The van der Waals surface area contributed by atoms with Crippen LogP contribution in [0.5, 0.6) is 0 Å². The molecule has 176 valence electrons. The molecular weight excluding hydrogens is 501 g/mol. The van der Waals surface area contributed by atoms with Crippen LogP contribution in [0.1, 0.15) is 5.56 Å². The van der Waals surface area contributed by atoms with Crippen molar-refractivity contribution >= 4 is 55.8 Å². The number of hydrogen-bond donors (Lipinski definition) is 2. The van der Waals surface area contributed by atoms with Gasteiger partial charge < -0.3 is 10.6 Å². The molecule has 0 aliphatic heterocycles. The molecule has 0 fully saturated rings. The van der Waals surface area contributed by atoms with Gasteiger partial charge in [-0.2, -0.15) is 0 Å². The van der Waals surface area contributed by atoms with Gasteiger partial charge in [0.1, 0.15) is 12.9 Å². The molecule has 9 nitrogen and oxygen atoms in total. The van der Waals surface area contributed by atoms with Gasteiger partial charge in [0.05, 0.1) is 27.3 Å². The number of nitrogens with zero attached hydrogens (tertiary/aromatic N) is 3. The number of aryl methyl sites for hydroxylation is 1. The molecule has 0 atom stereocenters. The summed E-state index contributed by atoms with van der Waals surface area (Å²) in [5.41, 5.74) is 8.11. The number of anilines is 2. The molecule has 0 saturated heterocycles. The van der Waals surface area contributed by atoms with Crippen molar-refractivity contribution in [3.8, 4) is 22.5 Å². The summed E-state index contributed by atoms with van der Waals surface area (Å²) in [5, 5.41) is 0.950. The number of nitrogens with two attached hydrogens (primary N) is 1. The number of nitrogen functional groups attached to an aromatic ring is 1. The molecule has 4 rings (SSSR count). The zero-order valence-corrected chi connectivity index (χ0v) is 20.6. The highest BCUT2D eigenvalue weighted by molar-refractivity contribution is 7.92. The average molecular weight is 520 g/mol. The Labute approximate surface area is 205 Å². The summed E-state index contributed by atoms with van der Waals surface area (Å²) in [5.74, 6) is 0.343. The van der Waals surface area contributed by atoms with E-state index in [1.807, 2.05) is 0 Å². The fourth-order valence-corrected chi connectivity index (χ4v) is 4.75. The van der Waals surface area contributed by atoms with Gasteiger partial charge in [0.2, 0.25) is 10.0 Å². The number of sulfonamides is 1. The van der Waals surface area contributed by atoms with Gasteiger partial charge in [0, 0.05) is 16.8 Å². The second-order valence-corrected chi connectivity index (χ2v) is 10.1. The van der Waals surface area contributed by atoms with Gasteiger partial charge in [-0.1, -0.05) is 29.3 Å². The molecule has 12 heteroatoms. The summed E-state index contributed by atoms with van der Waals surface area (Å²) >= 11 is 12.6. The minimum atomic E-state index is -3.43. The monoisotopic (exact) mass is 519 g/mol. The Hall–Kier alpha value is -3.34. The third-order valence-corrected chi connectivity index (χ3v) is 6.27. The normalized spacial score (nSPS) is 11.6. The number of fused-ring (bicyclic) bond motifs is 1. The van der Waals surface area contributed by atoms with Crippen LogP contribution in [0, 0.1) is 6.92 Å². The van der Waals surface area contributed by atoms with E-state index in [9.17, 15) is 13.2 Å². The van der Waals surface area contributed by atoms with E-state index in [-0.39, 0.29) is 22.9 Å². The van der Waals surface area contributed by atoms with E-state index in [2.05, 4.69) is 14.7 Å². The zero-order chi connectivity index (χ0) is 24.8. The van der Waals surface area contributed by atoms with Crippen LogP contribution in [0.2, 0.25) is 10.0 Å².